The van der Waals surface area contributed by atoms with Gasteiger partial charge in [0.2, 0.25) is 11.8 Å². The van der Waals surface area contributed by atoms with E-state index in [1.807, 2.05) is 45.0 Å². The van der Waals surface area contributed by atoms with Crippen molar-refractivity contribution >= 4 is 23.3 Å². The summed E-state index contributed by atoms with van der Waals surface area (Å²) >= 11 is 0. The van der Waals surface area contributed by atoms with Crippen LogP contribution in [0.25, 0.3) is 0 Å². The first-order chi connectivity index (χ1) is 16.1. The molecule has 0 radical (unpaired) electrons. The molecule has 1 aliphatic rings. The number of benzene rings is 1. The molecule has 3 rings (SSSR count). The van der Waals surface area contributed by atoms with Crippen LogP contribution in [-0.4, -0.2) is 53.1 Å². The number of nitrogens with two attached hydrogens (primary N) is 1. The van der Waals surface area contributed by atoms with Gasteiger partial charge in [-0.2, -0.15) is 0 Å². The lowest BCUT2D eigenvalue weighted by molar-refractivity contribution is -0.128. The first-order valence-corrected chi connectivity index (χ1v) is 11.4. The van der Waals surface area contributed by atoms with Crippen LogP contribution in [0.5, 0.6) is 0 Å². The molecule has 10 nitrogen and oxygen atoms in total. The molecule has 2 amide bonds. The Hall–Kier alpha value is -3.40. The standard InChI is InChI=1S/C24H33N5O5/c1-15(2)12-29-21(25)20(22(31)26-24(29)33)28(9-10-34-4)23(32)18-11-19(30)27(14-18)13-17-7-5-16(3)6-8-17/h5-8,15,18H,9-14,25H2,1-4H3,(H,26,31,33)/t18-/m0/s1. The molecule has 2 heterocycles. The molecular weight excluding hydrogens is 438 g/mol. The minimum atomic E-state index is -0.743. The lowest BCUT2D eigenvalue weighted by Gasteiger charge is -2.27. The highest BCUT2D eigenvalue weighted by Gasteiger charge is 2.38. The number of aromatic nitrogens is 2. The third kappa shape index (κ3) is 5.56. The summed E-state index contributed by atoms with van der Waals surface area (Å²) in [6, 6.07) is 7.87. The van der Waals surface area contributed by atoms with E-state index in [2.05, 4.69) is 4.98 Å². The normalized spacial score (nSPS) is 15.9. The number of carbonyl (C=O) groups is 2. The van der Waals surface area contributed by atoms with Crippen molar-refractivity contribution in [3.05, 3.63) is 56.2 Å². The van der Waals surface area contributed by atoms with E-state index in [1.165, 1.54) is 16.6 Å². The number of hydrogen-bond acceptors (Lipinski definition) is 6. The zero-order chi connectivity index (χ0) is 25.0. The summed E-state index contributed by atoms with van der Waals surface area (Å²) in [4.78, 5) is 56.5. The van der Waals surface area contributed by atoms with Crippen LogP contribution in [0.15, 0.2) is 33.9 Å². The largest absolute Gasteiger partial charge is 0.383 e. The maximum atomic E-state index is 13.6. The lowest BCUT2D eigenvalue weighted by Crippen LogP contribution is -2.45. The number of amides is 2. The maximum absolute atomic E-state index is 13.6. The third-order valence-corrected chi connectivity index (χ3v) is 5.87. The Bertz CT molecular complexity index is 1150. The second-order valence-electron chi connectivity index (χ2n) is 9.14. The topological polar surface area (TPSA) is 131 Å². The summed E-state index contributed by atoms with van der Waals surface area (Å²) in [5.41, 5.74) is 6.88. The number of nitrogens with one attached hydrogen (secondary N) is 1. The minimum absolute atomic E-state index is 0.0393. The number of nitrogens with zero attached hydrogens (tertiary/aromatic N) is 3. The number of likely N-dealkylation sites (tertiary alicyclic amines) is 1. The van der Waals surface area contributed by atoms with Crippen molar-refractivity contribution in [1.82, 2.24) is 14.5 Å². The third-order valence-electron chi connectivity index (χ3n) is 5.87. The predicted octanol–water partition coefficient (Wildman–Crippen LogP) is 1.11. The number of ether oxygens (including phenoxy) is 1. The molecule has 1 fully saturated rings. The van der Waals surface area contributed by atoms with Gasteiger partial charge < -0.3 is 20.3 Å². The molecule has 1 saturated heterocycles. The van der Waals surface area contributed by atoms with E-state index in [4.69, 9.17) is 10.5 Å². The molecule has 1 aliphatic heterocycles. The van der Waals surface area contributed by atoms with Gasteiger partial charge in [0, 0.05) is 39.7 Å². The van der Waals surface area contributed by atoms with Crippen LogP contribution in [0, 0.1) is 18.8 Å². The summed E-state index contributed by atoms with van der Waals surface area (Å²) in [7, 11) is 1.48. The van der Waals surface area contributed by atoms with E-state index in [1.54, 1.807) is 4.90 Å². The van der Waals surface area contributed by atoms with Gasteiger partial charge in [-0.25, -0.2) is 4.79 Å². The van der Waals surface area contributed by atoms with Gasteiger partial charge >= 0.3 is 5.69 Å². The van der Waals surface area contributed by atoms with Crippen LogP contribution in [0.2, 0.25) is 0 Å². The van der Waals surface area contributed by atoms with Gasteiger partial charge in [-0.3, -0.25) is 23.9 Å². The number of aryl methyl sites for hydroxylation is 1. The van der Waals surface area contributed by atoms with Gasteiger partial charge in [0.25, 0.3) is 5.56 Å². The fourth-order valence-corrected chi connectivity index (χ4v) is 4.12. The molecule has 0 bridgehead atoms. The van der Waals surface area contributed by atoms with Crippen LogP contribution in [0.4, 0.5) is 11.5 Å². The highest BCUT2D eigenvalue weighted by molar-refractivity contribution is 6.00. The summed E-state index contributed by atoms with van der Waals surface area (Å²) in [6.45, 7) is 6.96. The Morgan fingerprint density at radius 2 is 1.91 bits per heavy atom. The van der Waals surface area contributed by atoms with Crippen molar-refractivity contribution < 1.29 is 14.3 Å². The average Bonchev–Trinajstić information content (AvgIpc) is 3.14. The molecular formula is C24H33N5O5. The number of carbonyl (C=O) groups excluding carboxylic acids is 2. The number of aromatic amines is 1. The van der Waals surface area contributed by atoms with Crippen molar-refractivity contribution in [2.24, 2.45) is 11.8 Å². The van der Waals surface area contributed by atoms with Crippen LogP contribution < -0.4 is 21.9 Å². The fraction of sp³-hybridized carbons (Fsp3) is 0.500. The number of nitrogen functional groups attached to an aromatic ring is 1. The molecule has 1 atom stereocenters. The highest BCUT2D eigenvalue weighted by Crippen LogP contribution is 2.26. The molecule has 184 valence electrons. The van der Waals surface area contributed by atoms with Gasteiger partial charge in [-0.15, -0.1) is 0 Å². The highest BCUT2D eigenvalue weighted by atomic mass is 16.5. The Balaban J connectivity index is 1.89. The van der Waals surface area contributed by atoms with Gasteiger partial charge in [0.05, 0.1) is 12.5 Å². The minimum Gasteiger partial charge on any atom is -0.383 e. The van der Waals surface area contributed by atoms with Crippen molar-refractivity contribution in [3.8, 4) is 0 Å². The molecule has 1 aromatic heterocycles. The Kier molecular flexibility index (Phi) is 7.93. The van der Waals surface area contributed by atoms with Crippen molar-refractivity contribution in [2.75, 3.05) is 37.4 Å². The van der Waals surface area contributed by atoms with Crippen LogP contribution >= 0.6 is 0 Å². The maximum Gasteiger partial charge on any atom is 0.330 e. The van der Waals surface area contributed by atoms with E-state index in [0.29, 0.717) is 6.54 Å². The smallest absolute Gasteiger partial charge is 0.330 e. The number of anilines is 2. The molecule has 34 heavy (non-hydrogen) atoms. The van der Waals surface area contributed by atoms with E-state index in [9.17, 15) is 19.2 Å². The van der Waals surface area contributed by atoms with Crippen LogP contribution in [0.1, 0.15) is 31.4 Å². The summed E-state index contributed by atoms with van der Waals surface area (Å²) < 4.78 is 6.40. The molecule has 0 aliphatic carbocycles. The first-order valence-electron chi connectivity index (χ1n) is 11.4. The molecule has 10 heteroatoms. The molecule has 0 unspecified atom stereocenters. The zero-order valence-corrected chi connectivity index (χ0v) is 20.2. The number of hydrogen-bond donors (Lipinski definition) is 2. The van der Waals surface area contributed by atoms with Crippen LogP contribution in [0.3, 0.4) is 0 Å². The lowest BCUT2D eigenvalue weighted by atomic mass is 10.1. The van der Waals surface area contributed by atoms with E-state index in [0.717, 1.165) is 11.1 Å². The molecule has 1 aromatic carbocycles. The van der Waals surface area contributed by atoms with Gasteiger partial charge in [0.1, 0.15) is 5.82 Å². The van der Waals surface area contributed by atoms with Crippen molar-refractivity contribution in [3.63, 3.8) is 0 Å². The number of H-pyrrole nitrogens is 1. The molecule has 3 N–H and O–H groups in total. The van der Waals surface area contributed by atoms with Gasteiger partial charge in [-0.05, 0) is 18.4 Å². The van der Waals surface area contributed by atoms with Crippen molar-refractivity contribution in [1.29, 1.82) is 0 Å². The second kappa shape index (κ2) is 10.7. The van der Waals surface area contributed by atoms with Crippen LogP contribution in [-0.2, 0) is 27.4 Å². The molecule has 2 aromatic rings. The van der Waals surface area contributed by atoms with Crippen molar-refractivity contribution in [2.45, 2.75) is 40.3 Å². The predicted molar refractivity (Wildman–Crippen MR) is 130 cm³/mol. The number of rotatable bonds is 9. The Morgan fingerprint density at radius 3 is 2.53 bits per heavy atom. The monoisotopic (exact) mass is 471 g/mol. The average molecular weight is 472 g/mol. The molecule has 0 saturated carbocycles. The number of methoxy groups -OCH3 is 1. The van der Waals surface area contributed by atoms with E-state index < -0.39 is 23.1 Å². The van der Waals surface area contributed by atoms with Gasteiger partial charge in [0.15, 0.2) is 5.69 Å². The zero-order valence-electron chi connectivity index (χ0n) is 20.2. The van der Waals surface area contributed by atoms with E-state index in [-0.39, 0.29) is 56.0 Å². The fourth-order valence-electron chi connectivity index (χ4n) is 4.12. The Labute approximate surface area is 198 Å². The van der Waals surface area contributed by atoms with E-state index >= 15 is 0 Å². The summed E-state index contributed by atoms with van der Waals surface area (Å²) in [6.07, 6.45) is 0.0393. The first kappa shape index (κ1) is 25.2. The van der Waals surface area contributed by atoms with Gasteiger partial charge in [-0.1, -0.05) is 43.7 Å². The quantitative estimate of drug-likeness (QED) is 0.563. The SMILES string of the molecule is COCCN(C(=O)[C@H]1CC(=O)N(Cc2ccc(C)cc2)C1)c1c(N)n(CC(C)C)c(=O)[nH]c1=O. The summed E-state index contributed by atoms with van der Waals surface area (Å²) in [5.74, 6) is -1.16. The molecule has 0 spiro atoms. The second-order valence-corrected chi connectivity index (χ2v) is 9.14. The summed E-state index contributed by atoms with van der Waals surface area (Å²) in [5, 5.41) is 0. The Morgan fingerprint density at radius 1 is 1.24 bits per heavy atom.